The predicted molar refractivity (Wildman–Crippen MR) is 52.8 cm³/mol. The van der Waals surface area contributed by atoms with Gasteiger partial charge in [0.05, 0.1) is 17.5 Å². The van der Waals surface area contributed by atoms with Crippen LogP contribution < -0.4 is 5.32 Å². The third-order valence-corrected chi connectivity index (χ3v) is 2.47. The van der Waals surface area contributed by atoms with Gasteiger partial charge in [-0.25, -0.2) is 0 Å². The quantitative estimate of drug-likeness (QED) is 0.665. The van der Waals surface area contributed by atoms with Gasteiger partial charge in [0, 0.05) is 6.04 Å². The van der Waals surface area contributed by atoms with Gasteiger partial charge in [0.1, 0.15) is 0 Å². The monoisotopic (exact) mass is 182 g/mol. The Labute approximate surface area is 79.0 Å². The van der Waals surface area contributed by atoms with Crippen LogP contribution in [-0.4, -0.2) is 11.0 Å². The Morgan fingerprint density at radius 3 is 2.67 bits per heavy atom. The van der Waals surface area contributed by atoms with Gasteiger partial charge in [-0.05, 0) is 12.8 Å². The van der Waals surface area contributed by atoms with Crippen LogP contribution >= 0.6 is 12.2 Å². The zero-order chi connectivity index (χ0) is 8.81. The molecule has 0 heterocycles. The Hall–Kier alpha value is -0.620. The molecule has 66 valence electrons. The predicted octanol–water partition coefficient (Wildman–Crippen LogP) is 2.15. The first kappa shape index (κ1) is 9.47. The molecule has 0 aliphatic heterocycles. The van der Waals surface area contributed by atoms with Gasteiger partial charge >= 0.3 is 0 Å². The number of nitriles is 1. The first-order chi connectivity index (χ1) is 5.83. The second-order valence-electron chi connectivity index (χ2n) is 3.24. The van der Waals surface area contributed by atoms with E-state index in [-0.39, 0.29) is 0 Å². The molecule has 1 aliphatic rings. The van der Waals surface area contributed by atoms with E-state index in [2.05, 4.69) is 11.4 Å². The molecule has 1 rings (SSSR count). The summed E-state index contributed by atoms with van der Waals surface area (Å²) < 4.78 is 0. The Balaban J connectivity index is 2.21. The Morgan fingerprint density at radius 1 is 1.42 bits per heavy atom. The molecule has 0 unspecified atom stereocenters. The molecule has 0 aromatic rings. The van der Waals surface area contributed by atoms with Crippen LogP contribution in [-0.2, 0) is 0 Å². The van der Waals surface area contributed by atoms with Gasteiger partial charge in [-0.15, -0.1) is 0 Å². The minimum absolute atomic E-state index is 0.367. The van der Waals surface area contributed by atoms with Crippen molar-refractivity contribution in [3.63, 3.8) is 0 Å². The number of nitrogens with one attached hydrogen (secondary N) is 1. The number of hydrogen-bond acceptors (Lipinski definition) is 2. The summed E-state index contributed by atoms with van der Waals surface area (Å²) in [7, 11) is 0. The maximum Gasteiger partial charge on any atom is 0.0898 e. The highest BCUT2D eigenvalue weighted by molar-refractivity contribution is 7.80. The summed E-state index contributed by atoms with van der Waals surface area (Å²) in [6, 6.07) is 2.59. The third-order valence-electron chi connectivity index (χ3n) is 2.21. The lowest BCUT2D eigenvalue weighted by Gasteiger charge is -2.23. The molecular weight excluding hydrogens is 168 g/mol. The molecule has 0 bridgehead atoms. The molecule has 0 saturated heterocycles. The molecular formula is C9H14N2S. The summed E-state index contributed by atoms with van der Waals surface area (Å²) in [6.07, 6.45) is 6.74. The average Bonchev–Trinajstić information content (AvgIpc) is 2.06. The molecule has 1 N–H and O–H groups in total. The Morgan fingerprint density at radius 2 is 2.08 bits per heavy atom. The van der Waals surface area contributed by atoms with Crippen LogP contribution in [0.15, 0.2) is 0 Å². The summed E-state index contributed by atoms with van der Waals surface area (Å²) >= 11 is 5.00. The third kappa shape index (κ3) is 3.19. The summed E-state index contributed by atoms with van der Waals surface area (Å²) in [5, 5.41) is 11.6. The van der Waals surface area contributed by atoms with Crippen LogP contribution in [0.1, 0.15) is 38.5 Å². The fourth-order valence-electron chi connectivity index (χ4n) is 1.60. The van der Waals surface area contributed by atoms with Gasteiger partial charge < -0.3 is 5.32 Å². The Kier molecular flexibility index (Phi) is 4.02. The lowest BCUT2D eigenvalue weighted by Crippen LogP contribution is -2.34. The maximum atomic E-state index is 8.39. The summed E-state index contributed by atoms with van der Waals surface area (Å²) in [5.41, 5.74) is 0. The summed E-state index contributed by atoms with van der Waals surface area (Å²) in [5.74, 6) is 0. The minimum Gasteiger partial charge on any atom is -0.376 e. The van der Waals surface area contributed by atoms with E-state index in [1.165, 1.54) is 32.1 Å². The van der Waals surface area contributed by atoms with Gasteiger partial charge in [0.2, 0.25) is 0 Å². The van der Waals surface area contributed by atoms with Gasteiger partial charge in [-0.3, -0.25) is 0 Å². The van der Waals surface area contributed by atoms with Crippen molar-refractivity contribution in [3.8, 4) is 6.07 Å². The number of rotatable bonds is 2. The maximum absolute atomic E-state index is 8.39. The standard InChI is InChI=1S/C9H14N2S/c10-7-6-9(12)11-8-4-2-1-3-5-8/h8H,1-6H2,(H,11,12). The molecule has 0 aromatic carbocycles. The largest absolute Gasteiger partial charge is 0.376 e. The van der Waals surface area contributed by atoms with Crippen LogP contribution in [0.2, 0.25) is 0 Å². The van der Waals surface area contributed by atoms with E-state index in [0.717, 1.165) is 0 Å². The zero-order valence-corrected chi connectivity index (χ0v) is 7.99. The van der Waals surface area contributed by atoms with Crippen molar-refractivity contribution in [2.24, 2.45) is 0 Å². The van der Waals surface area contributed by atoms with Crippen molar-refractivity contribution in [2.75, 3.05) is 0 Å². The number of nitrogens with zero attached hydrogens (tertiary/aromatic N) is 1. The van der Waals surface area contributed by atoms with Gasteiger partial charge in [-0.1, -0.05) is 31.5 Å². The van der Waals surface area contributed by atoms with Gasteiger partial charge in [0.25, 0.3) is 0 Å². The van der Waals surface area contributed by atoms with Crippen molar-refractivity contribution in [3.05, 3.63) is 0 Å². The average molecular weight is 182 g/mol. The second-order valence-corrected chi connectivity index (χ2v) is 3.73. The van der Waals surface area contributed by atoms with E-state index in [4.69, 9.17) is 17.5 Å². The van der Waals surface area contributed by atoms with Crippen molar-refractivity contribution in [1.82, 2.24) is 5.32 Å². The second kappa shape index (κ2) is 5.10. The van der Waals surface area contributed by atoms with E-state index in [0.29, 0.717) is 17.5 Å². The van der Waals surface area contributed by atoms with Crippen LogP contribution in [0, 0.1) is 11.3 Å². The fraction of sp³-hybridized carbons (Fsp3) is 0.778. The number of hydrogen-bond donors (Lipinski definition) is 1. The van der Waals surface area contributed by atoms with E-state index in [9.17, 15) is 0 Å². The molecule has 12 heavy (non-hydrogen) atoms. The van der Waals surface area contributed by atoms with Crippen molar-refractivity contribution in [2.45, 2.75) is 44.6 Å². The Bertz CT molecular complexity index is 189. The normalized spacial score (nSPS) is 18.2. The van der Waals surface area contributed by atoms with Crippen molar-refractivity contribution in [1.29, 1.82) is 5.26 Å². The SMILES string of the molecule is N#CCC(=S)NC1CCCCC1. The molecule has 0 radical (unpaired) electrons. The minimum atomic E-state index is 0.367. The van der Waals surface area contributed by atoms with Gasteiger partial charge in [-0.2, -0.15) is 5.26 Å². The highest BCUT2D eigenvalue weighted by Crippen LogP contribution is 2.17. The highest BCUT2D eigenvalue weighted by Gasteiger charge is 2.13. The smallest absolute Gasteiger partial charge is 0.0898 e. The van der Waals surface area contributed by atoms with Crippen LogP contribution in [0.25, 0.3) is 0 Å². The van der Waals surface area contributed by atoms with Crippen LogP contribution in [0.4, 0.5) is 0 Å². The molecule has 0 amide bonds. The topological polar surface area (TPSA) is 35.8 Å². The van der Waals surface area contributed by atoms with E-state index >= 15 is 0 Å². The molecule has 1 aliphatic carbocycles. The van der Waals surface area contributed by atoms with Crippen molar-refractivity contribution >= 4 is 17.2 Å². The molecule has 2 nitrogen and oxygen atoms in total. The van der Waals surface area contributed by atoms with Crippen LogP contribution in [0.3, 0.4) is 0 Å². The summed E-state index contributed by atoms with van der Waals surface area (Å²) in [6.45, 7) is 0. The van der Waals surface area contributed by atoms with Crippen molar-refractivity contribution < 1.29 is 0 Å². The van der Waals surface area contributed by atoms with E-state index in [1.54, 1.807) is 0 Å². The molecule has 0 atom stereocenters. The summed E-state index contributed by atoms with van der Waals surface area (Å²) in [4.78, 5) is 0.712. The lowest BCUT2D eigenvalue weighted by atomic mass is 9.95. The van der Waals surface area contributed by atoms with Crippen LogP contribution in [0.5, 0.6) is 0 Å². The lowest BCUT2D eigenvalue weighted by molar-refractivity contribution is 0.414. The molecule has 3 heteroatoms. The first-order valence-electron chi connectivity index (χ1n) is 4.49. The molecule has 0 aromatic heterocycles. The number of thiocarbonyl (C=S) groups is 1. The molecule has 0 spiro atoms. The zero-order valence-electron chi connectivity index (χ0n) is 7.18. The molecule has 1 fully saturated rings. The van der Waals surface area contributed by atoms with E-state index < -0.39 is 0 Å². The molecule has 1 saturated carbocycles. The first-order valence-corrected chi connectivity index (χ1v) is 4.90. The highest BCUT2D eigenvalue weighted by atomic mass is 32.1. The fourth-order valence-corrected chi connectivity index (χ4v) is 1.83. The van der Waals surface area contributed by atoms with Gasteiger partial charge in [0.15, 0.2) is 0 Å². The van der Waals surface area contributed by atoms with E-state index in [1.807, 2.05) is 0 Å².